The third-order valence-corrected chi connectivity index (χ3v) is 13.6. The molecule has 5 fully saturated rings. The minimum absolute atomic E-state index is 0.0184. The second-order valence-electron chi connectivity index (χ2n) is 18.2. The minimum Gasteiger partial charge on any atom is -0.496 e. The fraction of sp³-hybridized carbons (Fsp3) is 0.682. The molecule has 56 heavy (non-hydrogen) atoms. The third kappa shape index (κ3) is 8.90. The van der Waals surface area contributed by atoms with Crippen LogP contribution >= 0.6 is 0 Å². The number of carbonyl (C=O) groups excluding carboxylic acids is 2. The Morgan fingerprint density at radius 2 is 1.89 bits per heavy atom. The van der Waals surface area contributed by atoms with Crippen LogP contribution < -0.4 is 25.6 Å². The fourth-order valence-electron chi connectivity index (χ4n) is 10.3. The monoisotopic (exact) mass is 777 g/mol. The Hall–Kier alpha value is -3.26. The zero-order chi connectivity index (χ0) is 40.5. The topological polar surface area (TPSA) is 139 Å². The number of anilines is 1. The van der Waals surface area contributed by atoms with Gasteiger partial charge in [0.25, 0.3) is 5.91 Å². The van der Waals surface area contributed by atoms with Crippen LogP contribution in [0.2, 0.25) is 0 Å². The Morgan fingerprint density at radius 3 is 2.50 bits per heavy atom. The van der Waals surface area contributed by atoms with E-state index < -0.39 is 24.2 Å². The standard InChI is InChI=1S/C44H68N6O6/c1-26-36-20-31(44(36,3)4)21-37(26)47-43(54)40-39(27(2)52)38(25-51)56-50(40)23-28-13-12-15-35(41(28)55-9)29-17-30(19-34(18-29)49(7)8)42(53)46-33(24-48(5)6)22-32-14-10-11-16-45-32/h12-13,15,17-19,26-27,31-33,36-40,45,51-52H,10-11,14,16,20-25H2,1-9H3,(H,46,53)(H,47,54)/t26-,27?,31+,32?,33-,36-,37-,38-,39?,40-/m0/s1. The lowest BCUT2D eigenvalue weighted by Crippen LogP contribution is -2.62. The molecular formula is C44H68N6O6. The number of methoxy groups -OCH3 is 1. The first kappa shape index (κ1) is 42.3. The molecule has 5 aliphatic rings. The van der Waals surface area contributed by atoms with Crippen molar-refractivity contribution >= 4 is 17.5 Å². The number of rotatable bonds is 15. The zero-order valence-corrected chi connectivity index (χ0v) is 35.2. The summed E-state index contributed by atoms with van der Waals surface area (Å²) in [4.78, 5) is 38.8. The van der Waals surface area contributed by atoms with Gasteiger partial charge in [-0.1, -0.05) is 45.4 Å². The SMILES string of the molecule is COc1c(CN2O[C@@H](CO)C(C(C)O)[C@H]2C(=O)N[C@H]2C[C@H]3C[C@@H]([C@@H]2C)C3(C)C)cccc1-c1cc(C(=O)N[C@@H](CC2CCCCN2)CN(C)C)cc(N(C)C)c1. The molecule has 2 heterocycles. The molecule has 3 aliphatic carbocycles. The number of piperidine rings is 1. The van der Waals surface area contributed by atoms with Crippen LogP contribution in [0.1, 0.15) is 82.1 Å². The average Bonchev–Trinajstić information content (AvgIpc) is 3.53. The van der Waals surface area contributed by atoms with E-state index in [4.69, 9.17) is 9.57 Å². The lowest BCUT2D eigenvalue weighted by molar-refractivity contribution is -0.183. The number of carbonyl (C=O) groups is 2. The van der Waals surface area contributed by atoms with Crippen molar-refractivity contribution in [2.75, 3.05) is 59.9 Å². The molecule has 2 bridgehead atoms. The number of nitrogens with one attached hydrogen (secondary N) is 3. The Bertz CT molecular complexity index is 1680. The highest BCUT2D eigenvalue weighted by molar-refractivity contribution is 5.97. The molecule has 3 saturated carbocycles. The Balaban J connectivity index is 1.27. The summed E-state index contributed by atoms with van der Waals surface area (Å²) < 4.78 is 6.12. The molecule has 10 atom stereocenters. The van der Waals surface area contributed by atoms with Gasteiger partial charge in [0.1, 0.15) is 17.9 Å². The van der Waals surface area contributed by atoms with Crippen LogP contribution in [0, 0.1) is 29.1 Å². The van der Waals surface area contributed by atoms with Crippen molar-refractivity contribution in [3.8, 4) is 16.9 Å². The summed E-state index contributed by atoms with van der Waals surface area (Å²) in [6.07, 6.45) is 4.87. The van der Waals surface area contributed by atoms with Crippen LogP contribution in [0.5, 0.6) is 5.75 Å². The number of ether oxygens (including phenoxy) is 1. The Kier molecular flexibility index (Phi) is 13.4. The summed E-state index contributed by atoms with van der Waals surface area (Å²) in [6, 6.07) is 11.3. The number of aliphatic hydroxyl groups is 2. The number of nitrogens with zero attached hydrogens (tertiary/aromatic N) is 3. The number of amides is 2. The molecule has 5 N–H and O–H groups in total. The van der Waals surface area contributed by atoms with Crippen LogP contribution in [-0.4, -0.2) is 123 Å². The third-order valence-electron chi connectivity index (χ3n) is 13.6. The maximum absolute atomic E-state index is 14.3. The quantitative estimate of drug-likeness (QED) is 0.178. The van der Waals surface area contributed by atoms with Crippen molar-refractivity contribution in [3.63, 3.8) is 0 Å². The second-order valence-corrected chi connectivity index (χ2v) is 18.2. The van der Waals surface area contributed by atoms with Crippen molar-refractivity contribution in [3.05, 3.63) is 47.5 Å². The molecule has 0 aromatic heterocycles. The Labute approximate surface area is 334 Å². The van der Waals surface area contributed by atoms with E-state index in [1.807, 2.05) is 69.5 Å². The first-order valence-corrected chi connectivity index (χ1v) is 20.8. The van der Waals surface area contributed by atoms with Gasteiger partial charge in [-0.25, -0.2) is 0 Å². The molecule has 3 unspecified atom stereocenters. The van der Waals surface area contributed by atoms with E-state index in [1.54, 1.807) is 19.1 Å². The number of likely N-dealkylation sites (N-methyl/N-ethyl adjacent to an activating group) is 1. The molecule has 0 spiro atoms. The van der Waals surface area contributed by atoms with Crippen LogP contribution in [-0.2, 0) is 16.2 Å². The summed E-state index contributed by atoms with van der Waals surface area (Å²) in [5.41, 5.74) is 4.10. The molecule has 7 rings (SSSR count). The number of para-hydroxylation sites is 1. The molecule has 12 heteroatoms. The van der Waals surface area contributed by atoms with Crippen LogP contribution in [0.4, 0.5) is 5.69 Å². The summed E-state index contributed by atoms with van der Waals surface area (Å²) >= 11 is 0. The van der Waals surface area contributed by atoms with E-state index in [0.717, 1.165) is 54.7 Å². The van der Waals surface area contributed by atoms with E-state index in [1.165, 1.54) is 19.3 Å². The van der Waals surface area contributed by atoms with Crippen molar-refractivity contribution in [1.29, 1.82) is 0 Å². The smallest absolute Gasteiger partial charge is 0.251 e. The van der Waals surface area contributed by atoms with E-state index in [-0.39, 0.29) is 42.5 Å². The van der Waals surface area contributed by atoms with Gasteiger partial charge in [0.05, 0.1) is 26.4 Å². The average molecular weight is 777 g/mol. The maximum Gasteiger partial charge on any atom is 0.251 e. The number of hydrogen-bond donors (Lipinski definition) is 5. The first-order chi connectivity index (χ1) is 26.6. The van der Waals surface area contributed by atoms with E-state index in [2.05, 4.69) is 41.6 Å². The van der Waals surface area contributed by atoms with Gasteiger partial charge >= 0.3 is 0 Å². The normalized spacial score (nSPS) is 29.6. The number of benzene rings is 2. The zero-order valence-electron chi connectivity index (χ0n) is 35.2. The van der Waals surface area contributed by atoms with Crippen LogP contribution in [0.15, 0.2) is 36.4 Å². The molecule has 0 radical (unpaired) electrons. The molecule has 12 nitrogen and oxygen atoms in total. The van der Waals surface area contributed by atoms with Gasteiger partial charge in [-0.05, 0) is 107 Å². The molecular weight excluding hydrogens is 709 g/mol. The minimum atomic E-state index is -0.896. The van der Waals surface area contributed by atoms with Gasteiger partial charge in [-0.2, -0.15) is 5.06 Å². The van der Waals surface area contributed by atoms with Gasteiger partial charge in [0.2, 0.25) is 5.91 Å². The van der Waals surface area contributed by atoms with Crippen molar-refractivity contribution in [2.45, 2.75) is 109 Å². The summed E-state index contributed by atoms with van der Waals surface area (Å²) in [5.74, 6) is 1.10. The van der Waals surface area contributed by atoms with Crippen molar-refractivity contribution in [2.24, 2.45) is 29.1 Å². The van der Waals surface area contributed by atoms with Crippen molar-refractivity contribution in [1.82, 2.24) is 25.9 Å². The predicted octanol–water partition coefficient (Wildman–Crippen LogP) is 4.28. The summed E-state index contributed by atoms with van der Waals surface area (Å²) in [6.45, 7) is 10.2. The molecule has 2 amide bonds. The fourth-order valence-corrected chi connectivity index (χ4v) is 10.3. The lowest BCUT2D eigenvalue weighted by atomic mass is 9.45. The van der Waals surface area contributed by atoms with E-state index in [9.17, 15) is 19.8 Å². The molecule has 310 valence electrons. The van der Waals surface area contributed by atoms with Crippen LogP contribution in [0.3, 0.4) is 0 Å². The van der Waals surface area contributed by atoms with Gasteiger partial charge in [-0.15, -0.1) is 0 Å². The van der Waals surface area contributed by atoms with Gasteiger partial charge < -0.3 is 40.7 Å². The van der Waals surface area contributed by atoms with E-state index >= 15 is 0 Å². The van der Waals surface area contributed by atoms with Crippen molar-refractivity contribution < 1.29 is 29.4 Å². The van der Waals surface area contributed by atoms with Gasteiger partial charge in [-0.3, -0.25) is 14.4 Å². The van der Waals surface area contributed by atoms with Gasteiger partial charge in [0.15, 0.2) is 0 Å². The second kappa shape index (κ2) is 17.7. The molecule has 2 aromatic carbocycles. The summed E-state index contributed by atoms with van der Waals surface area (Å²) in [5, 5.41) is 33.3. The molecule has 2 aromatic rings. The maximum atomic E-state index is 14.3. The number of hydroxylamine groups is 2. The summed E-state index contributed by atoms with van der Waals surface area (Å²) in [7, 11) is 9.61. The first-order valence-electron chi connectivity index (χ1n) is 20.8. The predicted molar refractivity (Wildman–Crippen MR) is 220 cm³/mol. The highest BCUT2D eigenvalue weighted by Crippen LogP contribution is 2.61. The highest BCUT2D eigenvalue weighted by atomic mass is 16.7. The van der Waals surface area contributed by atoms with Crippen LogP contribution in [0.25, 0.3) is 11.1 Å². The largest absolute Gasteiger partial charge is 0.496 e. The molecule has 2 aliphatic heterocycles. The lowest BCUT2D eigenvalue weighted by Gasteiger charge is -2.62. The van der Waals surface area contributed by atoms with E-state index in [0.29, 0.717) is 35.1 Å². The number of hydrogen-bond acceptors (Lipinski definition) is 10. The molecule has 2 saturated heterocycles. The Morgan fingerprint density at radius 1 is 1.12 bits per heavy atom. The highest BCUT2D eigenvalue weighted by Gasteiger charge is 2.57. The number of fused-ring (bicyclic) bond motifs is 2. The van der Waals surface area contributed by atoms with Gasteiger partial charge in [0, 0.05) is 67.1 Å². The number of aliphatic hydroxyl groups excluding tert-OH is 2.